The van der Waals surface area contributed by atoms with Crippen molar-refractivity contribution in [3.63, 3.8) is 0 Å². The predicted octanol–water partition coefficient (Wildman–Crippen LogP) is 4.35. The average molecular weight is 334 g/mol. The molecule has 2 nitrogen and oxygen atoms in total. The highest BCUT2D eigenvalue weighted by Gasteiger charge is 2.04. The van der Waals surface area contributed by atoms with E-state index in [0.717, 1.165) is 23.2 Å². The number of hydrogen-bond acceptors (Lipinski definition) is 2. The minimum Gasteiger partial charge on any atom is -0.497 e. The zero-order valence-electron chi connectivity index (χ0n) is 11.9. The highest BCUT2D eigenvalue weighted by molar-refractivity contribution is 9.10. The topological polar surface area (TPSA) is 21.3 Å². The number of halogens is 1. The molecule has 2 aromatic rings. The van der Waals surface area contributed by atoms with E-state index in [0.29, 0.717) is 6.04 Å². The van der Waals surface area contributed by atoms with E-state index in [9.17, 15) is 0 Å². The Morgan fingerprint density at radius 2 is 1.70 bits per heavy atom. The average Bonchev–Trinajstić information content (AvgIpc) is 2.48. The molecule has 1 atom stereocenters. The van der Waals surface area contributed by atoms with Crippen LogP contribution in [0.2, 0.25) is 0 Å². The molecule has 0 fully saturated rings. The third-order valence-electron chi connectivity index (χ3n) is 3.39. The lowest BCUT2D eigenvalue weighted by molar-refractivity contribution is 0.414. The summed E-state index contributed by atoms with van der Waals surface area (Å²) in [4.78, 5) is 0. The van der Waals surface area contributed by atoms with Gasteiger partial charge in [0.2, 0.25) is 0 Å². The van der Waals surface area contributed by atoms with Gasteiger partial charge in [-0.25, -0.2) is 0 Å². The van der Waals surface area contributed by atoms with Gasteiger partial charge in [0.25, 0.3) is 0 Å². The number of benzene rings is 2. The molecule has 0 aliphatic rings. The molecular formula is C17H20BrNO. The first-order valence-corrected chi connectivity index (χ1v) is 7.60. The first-order valence-electron chi connectivity index (χ1n) is 6.81. The zero-order valence-corrected chi connectivity index (χ0v) is 13.5. The Kier molecular flexibility index (Phi) is 5.62. The van der Waals surface area contributed by atoms with Crippen molar-refractivity contribution in [2.24, 2.45) is 0 Å². The number of ether oxygens (including phenoxy) is 1. The Labute approximate surface area is 129 Å². The smallest absolute Gasteiger partial charge is 0.118 e. The molecule has 0 aliphatic carbocycles. The second kappa shape index (κ2) is 7.46. The molecular weight excluding hydrogens is 314 g/mol. The fraction of sp³-hybridized carbons (Fsp3) is 0.294. The molecule has 0 unspecified atom stereocenters. The van der Waals surface area contributed by atoms with Crippen molar-refractivity contribution in [2.75, 3.05) is 13.7 Å². The van der Waals surface area contributed by atoms with E-state index in [4.69, 9.17) is 4.74 Å². The Balaban J connectivity index is 1.81. The zero-order chi connectivity index (χ0) is 14.4. The molecule has 3 heteroatoms. The number of rotatable bonds is 6. The minimum atomic E-state index is 0.362. The van der Waals surface area contributed by atoms with E-state index in [-0.39, 0.29) is 0 Å². The molecule has 20 heavy (non-hydrogen) atoms. The molecule has 2 rings (SSSR count). The Hall–Kier alpha value is -1.32. The van der Waals surface area contributed by atoms with Crippen molar-refractivity contribution >= 4 is 15.9 Å². The van der Waals surface area contributed by atoms with Crippen LogP contribution in [-0.4, -0.2) is 13.7 Å². The Bertz CT molecular complexity index is 522. The standard InChI is InChI=1S/C17H20BrNO/c1-13(15-5-7-16(18)8-6-15)19-12-11-14-3-9-17(20-2)10-4-14/h3-10,13,19H,11-12H2,1-2H3/t13-/m0/s1. The lowest BCUT2D eigenvalue weighted by atomic mass is 10.1. The van der Waals surface area contributed by atoms with Crippen molar-refractivity contribution in [1.82, 2.24) is 5.32 Å². The number of hydrogen-bond donors (Lipinski definition) is 1. The van der Waals surface area contributed by atoms with Gasteiger partial charge in [-0.3, -0.25) is 0 Å². The minimum absolute atomic E-state index is 0.362. The molecule has 2 aromatic carbocycles. The van der Waals surface area contributed by atoms with Gasteiger partial charge in [-0.05, 0) is 55.3 Å². The Morgan fingerprint density at radius 3 is 2.30 bits per heavy atom. The predicted molar refractivity (Wildman–Crippen MR) is 87.3 cm³/mol. The molecule has 0 amide bonds. The van der Waals surface area contributed by atoms with Crippen molar-refractivity contribution in [3.05, 3.63) is 64.1 Å². The number of methoxy groups -OCH3 is 1. The lowest BCUT2D eigenvalue weighted by Crippen LogP contribution is -2.21. The quantitative estimate of drug-likeness (QED) is 0.848. The van der Waals surface area contributed by atoms with Crippen LogP contribution >= 0.6 is 15.9 Å². The van der Waals surface area contributed by atoms with Gasteiger partial charge in [0.1, 0.15) is 5.75 Å². The summed E-state index contributed by atoms with van der Waals surface area (Å²) < 4.78 is 6.28. The van der Waals surface area contributed by atoms with Gasteiger partial charge in [0.15, 0.2) is 0 Å². The van der Waals surface area contributed by atoms with Crippen LogP contribution in [0, 0.1) is 0 Å². The second-order valence-electron chi connectivity index (χ2n) is 4.83. The highest BCUT2D eigenvalue weighted by Crippen LogP contribution is 2.16. The molecule has 0 bridgehead atoms. The third-order valence-corrected chi connectivity index (χ3v) is 3.92. The largest absolute Gasteiger partial charge is 0.497 e. The summed E-state index contributed by atoms with van der Waals surface area (Å²) in [6.07, 6.45) is 1.02. The van der Waals surface area contributed by atoms with E-state index in [2.05, 4.69) is 64.6 Å². The maximum Gasteiger partial charge on any atom is 0.118 e. The van der Waals surface area contributed by atoms with Gasteiger partial charge in [-0.1, -0.05) is 40.2 Å². The van der Waals surface area contributed by atoms with Crippen LogP contribution in [-0.2, 0) is 6.42 Å². The van der Waals surface area contributed by atoms with Crippen LogP contribution in [0.5, 0.6) is 5.75 Å². The van der Waals surface area contributed by atoms with Gasteiger partial charge >= 0.3 is 0 Å². The van der Waals surface area contributed by atoms with Crippen molar-refractivity contribution < 1.29 is 4.74 Å². The monoisotopic (exact) mass is 333 g/mol. The first kappa shape index (κ1) is 15.1. The SMILES string of the molecule is COc1ccc(CCN[C@@H](C)c2ccc(Br)cc2)cc1. The maximum absolute atomic E-state index is 5.16. The highest BCUT2D eigenvalue weighted by atomic mass is 79.9. The van der Waals surface area contributed by atoms with E-state index in [1.807, 2.05) is 12.1 Å². The molecule has 0 aliphatic heterocycles. The fourth-order valence-electron chi connectivity index (χ4n) is 2.09. The van der Waals surface area contributed by atoms with E-state index in [1.54, 1.807) is 7.11 Å². The van der Waals surface area contributed by atoms with E-state index in [1.165, 1.54) is 11.1 Å². The summed E-state index contributed by atoms with van der Waals surface area (Å²) in [5.74, 6) is 0.907. The summed E-state index contributed by atoms with van der Waals surface area (Å²) in [6.45, 7) is 3.15. The van der Waals surface area contributed by atoms with Crippen molar-refractivity contribution in [3.8, 4) is 5.75 Å². The van der Waals surface area contributed by atoms with Gasteiger partial charge in [0, 0.05) is 10.5 Å². The first-order chi connectivity index (χ1) is 9.69. The van der Waals surface area contributed by atoms with Gasteiger partial charge < -0.3 is 10.1 Å². The fourth-order valence-corrected chi connectivity index (χ4v) is 2.36. The van der Waals surface area contributed by atoms with Crippen LogP contribution in [0.4, 0.5) is 0 Å². The van der Waals surface area contributed by atoms with E-state index >= 15 is 0 Å². The molecule has 0 heterocycles. The number of nitrogens with one attached hydrogen (secondary N) is 1. The summed E-state index contributed by atoms with van der Waals surface area (Å²) in [7, 11) is 1.69. The molecule has 0 saturated heterocycles. The third kappa shape index (κ3) is 4.36. The lowest BCUT2D eigenvalue weighted by Gasteiger charge is -2.14. The Morgan fingerprint density at radius 1 is 1.05 bits per heavy atom. The van der Waals surface area contributed by atoms with Gasteiger partial charge in [-0.15, -0.1) is 0 Å². The van der Waals surface area contributed by atoms with Crippen LogP contribution < -0.4 is 10.1 Å². The second-order valence-corrected chi connectivity index (χ2v) is 5.74. The molecule has 0 aromatic heterocycles. The van der Waals surface area contributed by atoms with Crippen LogP contribution in [0.3, 0.4) is 0 Å². The van der Waals surface area contributed by atoms with Crippen LogP contribution in [0.15, 0.2) is 53.0 Å². The summed E-state index contributed by atoms with van der Waals surface area (Å²) in [5, 5.41) is 3.55. The molecule has 0 radical (unpaired) electrons. The van der Waals surface area contributed by atoms with Crippen molar-refractivity contribution in [1.29, 1.82) is 0 Å². The summed E-state index contributed by atoms with van der Waals surface area (Å²) in [6, 6.07) is 17.1. The summed E-state index contributed by atoms with van der Waals surface area (Å²) >= 11 is 3.46. The normalized spacial score (nSPS) is 12.2. The maximum atomic E-state index is 5.16. The van der Waals surface area contributed by atoms with Crippen LogP contribution in [0.1, 0.15) is 24.1 Å². The molecule has 0 saturated carbocycles. The van der Waals surface area contributed by atoms with E-state index < -0.39 is 0 Å². The van der Waals surface area contributed by atoms with Gasteiger partial charge in [0.05, 0.1) is 7.11 Å². The molecule has 0 spiro atoms. The summed E-state index contributed by atoms with van der Waals surface area (Å²) in [5.41, 5.74) is 2.63. The van der Waals surface area contributed by atoms with Gasteiger partial charge in [-0.2, -0.15) is 0 Å². The molecule has 106 valence electrons. The molecule has 1 N–H and O–H groups in total. The van der Waals surface area contributed by atoms with Crippen LogP contribution in [0.25, 0.3) is 0 Å². The van der Waals surface area contributed by atoms with Crippen molar-refractivity contribution in [2.45, 2.75) is 19.4 Å².